The number of aryl methyl sites for hydroxylation is 2. The number of hydrogen-bond donors (Lipinski definition) is 2. The van der Waals surface area contributed by atoms with Crippen molar-refractivity contribution >= 4 is 0 Å². The number of rotatable bonds is 4. The van der Waals surface area contributed by atoms with E-state index in [1.54, 1.807) is 0 Å². The normalized spacial score (nSPS) is 12.5. The number of benzene rings is 2. The third-order valence-electron chi connectivity index (χ3n) is 3.69. The fourth-order valence-corrected chi connectivity index (χ4v) is 2.44. The van der Waals surface area contributed by atoms with Gasteiger partial charge in [-0.1, -0.05) is 24.3 Å². The van der Waals surface area contributed by atoms with Crippen LogP contribution in [0.1, 0.15) is 28.3 Å². The van der Waals surface area contributed by atoms with Crippen LogP contribution in [0, 0.1) is 31.3 Å². The van der Waals surface area contributed by atoms with Gasteiger partial charge in [0.2, 0.25) is 0 Å². The van der Waals surface area contributed by atoms with Crippen molar-refractivity contribution in [1.29, 1.82) is 0 Å². The minimum atomic E-state index is -1.48. The molecule has 2 aromatic rings. The summed E-state index contributed by atoms with van der Waals surface area (Å²) in [5.41, 5.74) is 5.58. The first kappa shape index (κ1) is 15.5. The van der Waals surface area contributed by atoms with E-state index in [1.807, 2.05) is 32.0 Å². The highest BCUT2D eigenvalue weighted by molar-refractivity contribution is 5.36. The Balaban J connectivity index is 2.40. The first-order valence-corrected chi connectivity index (χ1v) is 6.60. The second kappa shape index (κ2) is 6.28. The number of halogens is 3. The maximum atomic E-state index is 13.9. The quantitative estimate of drug-likeness (QED) is 0.515. The van der Waals surface area contributed by atoms with Crippen LogP contribution in [0.5, 0.6) is 0 Å². The molecule has 0 radical (unpaired) electrons. The van der Waals surface area contributed by atoms with E-state index < -0.39 is 23.5 Å². The smallest absolute Gasteiger partial charge is 0.194 e. The monoisotopic (exact) mass is 294 g/mol. The molecule has 0 spiro atoms. The molecule has 0 aliphatic carbocycles. The molecule has 0 amide bonds. The topological polar surface area (TPSA) is 38.0 Å². The molecule has 0 aliphatic rings. The van der Waals surface area contributed by atoms with E-state index in [1.165, 1.54) is 6.07 Å². The molecule has 2 nitrogen and oxygen atoms in total. The Morgan fingerprint density at radius 3 is 2.19 bits per heavy atom. The summed E-state index contributed by atoms with van der Waals surface area (Å²) >= 11 is 0. The Labute approximate surface area is 121 Å². The summed E-state index contributed by atoms with van der Waals surface area (Å²) in [6.07, 6.45) is 0.386. The molecule has 2 aromatic carbocycles. The highest BCUT2D eigenvalue weighted by Gasteiger charge is 2.21. The Bertz CT molecular complexity index is 636. The van der Waals surface area contributed by atoms with E-state index in [4.69, 9.17) is 5.84 Å². The predicted molar refractivity (Wildman–Crippen MR) is 76.0 cm³/mol. The van der Waals surface area contributed by atoms with Gasteiger partial charge in [-0.05, 0) is 43.0 Å². The van der Waals surface area contributed by atoms with Crippen molar-refractivity contribution in [2.75, 3.05) is 0 Å². The van der Waals surface area contributed by atoms with E-state index in [0.717, 1.165) is 22.8 Å². The Hall–Kier alpha value is -1.85. The number of nitrogens with one attached hydrogen (secondary N) is 1. The summed E-state index contributed by atoms with van der Waals surface area (Å²) in [6, 6.07) is 7.29. The van der Waals surface area contributed by atoms with Gasteiger partial charge in [-0.3, -0.25) is 11.3 Å². The molecule has 0 aromatic heterocycles. The molecular weight excluding hydrogens is 277 g/mol. The van der Waals surface area contributed by atoms with Crippen molar-refractivity contribution in [1.82, 2.24) is 5.43 Å². The summed E-state index contributed by atoms with van der Waals surface area (Å²) in [5.74, 6) is 1.59. The van der Waals surface area contributed by atoms with Gasteiger partial charge in [0, 0.05) is 5.56 Å². The largest absolute Gasteiger partial charge is 0.271 e. The molecular formula is C16H17F3N2. The van der Waals surface area contributed by atoms with Crippen LogP contribution < -0.4 is 11.3 Å². The first-order valence-electron chi connectivity index (χ1n) is 6.60. The minimum Gasteiger partial charge on any atom is -0.271 e. The summed E-state index contributed by atoms with van der Waals surface area (Å²) in [6.45, 7) is 3.88. The lowest BCUT2D eigenvalue weighted by atomic mass is 9.93. The molecule has 0 aliphatic heterocycles. The van der Waals surface area contributed by atoms with E-state index in [-0.39, 0.29) is 5.56 Å². The van der Waals surface area contributed by atoms with Crippen LogP contribution in [0.4, 0.5) is 13.2 Å². The van der Waals surface area contributed by atoms with E-state index in [9.17, 15) is 13.2 Å². The SMILES string of the molecule is Cc1cccc(C)c1CC(NN)c1ccc(F)c(F)c1F. The lowest BCUT2D eigenvalue weighted by Gasteiger charge is -2.20. The van der Waals surface area contributed by atoms with Gasteiger partial charge in [-0.25, -0.2) is 13.2 Å². The lowest BCUT2D eigenvalue weighted by molar-refractivity contribution is 0.424. The fraction of sp³-hybridized carbons (Fsp3) is 0.250. The van der Waals surface area contributed by atoms with Crippen LogP contribution >= 0.6 is 0 Å². The Morgan fingerprint density at radius 2 is 1.62 bits per heavy atom. The summed E-state index contributed by atoms with van der Waals surface area (Å²) in [5, 5.41) is 0. The van der Waals surface area contributed by atoms with Gasteiger partial charge in [0.15, 0.2) is 17.5 Å². The summed E-state index contributed by atoms with van der Waals surface area (Å²) in [4.78, 5) is 0. The van der Waals surface area contributed by atoms with Crippen LogP contribution in [-0.2, 0) is 6.42 Å². The van der Waals surface area contributed by atoms with E-state index in [0.29, 0.717) is 6.42 Å². The molecule has 1 atom stereocenters. The van der Waals surface area contributed by atoms with Gasteiger partial charge < -0.3 is 0 Å². The van der Waals surface area contributed by atoms with Crippen LogP contribution in [0.25, 0.3) is 0 Å². The molecule has 2 rings (SSSR count). The molecule has 112 valence electrons. The first-order chi connectivity index (χ1) is 9.95. The third kappa shape index (κ3) is 3.09. The number of hydrogen-bond acceptors (Lipinski definition) is 2. The van der Waals surface area contributed by atoms with Crippen molar-refractivity contribution in [3.63, 3.8) is 0 Å². The van der Waals surface area contributed by atoms with E-state index in [2.05, 4.69) is 5.43 Å². The van der Waals surface area contributed by atoms with Gasteiger partial charge in [0.1, 0.15) is 0 Å². The van der Waals surface area contributed by atoms with Gasteiger partial charge in [-0.2, -0.15) is 0 Å². The molecule has 0 bridgehead atoms. The highest BCUT2D eigenvalue weighted by atomic mass is 19.2. The Morgan fingerprint density at radius 1 is 1.00 bits per heavy atom. The average Bonchev–Trinajstić information content (AvgIpc) is 2.46. The zero-order valence-electron chi connectivity index (χ0n) is 11.9. The van der Waals surface area contributed by atoms with Crippen LogP contribution in [0.3, 0.4) is 0 Å². The minimum absolute atomic E-state index is 0.0130. The van der Waals surface area contributed by atoms with Crippen molar-refractivity contribution in [2.45, 2.75) is 26.3 Å². The lowest BCUT2D eigenvalue weighted by Crippen LogP contribution is -2.31. The van der Waals surface area contributed by atoms with Crippen molar-refractivity contribution in [3.8, 4) is 0 Å². The summed E-state index contributed by atoms with van der Waals surface area (Å²) < 4.78 is 40.3. The standard InChI is InChI=1S/C16H17F3N2/c1-9-4-3-5-10(2)12(9)8-14(21-20)11-6-7-13(17)16(19)15(11)18/h3-7,14,21H,8,20H2,1-2H3. The van der Waals surface area contributed by atoms with Gasteiger partial charge >= 0.3 is 0 Å². The van der Waals surface area contributed by atoms with Crippen LogP contribution in [0.15, 0.2) is 30.3 Å². The van der Waals surface area contributed by atoms with Crippen LogP contribution in [-0.4, -0.2) is 0 Å². The fourth-order valence-electron chi connectivity index (χ4n) is 2.44. The molecule has 0 heterocycles. The van der Waals surface area contributed by atoms with Crippen molar-refractivity contribution in [3.05, 3.63) is 70.0 Å². The molecule has 0 saturated carbocycles. The molecule has 0 fully saturated rings. The van der Waals surface area contributed by atoms with Crippen molar-refractivity contribution in [2.24, 2.45) is 5.84 Å². The van der Waals surface area contributed by atoms with E-state index >= 15 is 0 Å². The van der Waals surface area contributed by atoms with Crippen molar-refractivity contribution < 1.29 is 13.2 Å². The molecule has 1 unspecified atom stereocenters. The molecule has 21 heavy (non-hydrogen) atoms. The molecule has 5 heteroatoms. The zero-order valence-corrected chi connectivity index (χ0v) is 11.9. The second-order valence-corrected chi connectivity index (χ2v) is 5.06. The summed E-state index contributed by atoms with van der Waals surface area (Å²) in [7, 11) is 0. The maximum absolute atomic E-state index is 13.9. The van der Waals surface area contributed by atoms with Crippen LogP contribution in [0.2, 0.25) is 0 Å². The number of nitrogens with two attached hydrogens (primary N) is 1. The maximum Gasteiger partial charge on any atom is 0.194 e. The average molecular weight is 294 g/mol. The highest BCUT2D eigenvalue weighted by Crippen LogP contribution is 2.26. The molecule has 3 N–H and O–H groups in total. The van der Waals surface area contributed by atoms with Gasteiger partial charge in [0.25, 0.3) is 0 Å². The molecule has 0 saturated heterocycles. The predicted octanol–water partition coefficient (Wildman–Crippen LogP) is 3.47. The third-order valence-corrected chi connectivity index (χ3v) is 3.69. The zero-order chi connectivity index (χ0) is 15.6. The van der Waals surface area contributed by atoms with Gasteiger partial charge in [0.05, 0.1) is 6.04 Å². The Kier molecular flexibility index (Phi) is 4.65. The second-order valence-electron chi connectivity index (χ2n) is 5.06. The number of hydrazine groups is 1. The van der Waals surface area contributed by atoms with Gasteiger partial charge in [-0.15, -0.1) is 0 Å².